The Morgan fingerprint density at radius 3 is 2.84 bits per heavy atom. The van der Waals surface area contributed by atoms with Crippen molar-refractivity contribution in [3.05, 3.63) is 0 Å². The molecular formula is C14H27N3O2. The van der Waals surface area contributed by atoms with Crippen LogP contribution in [0.1, 0.15) is 39.5 Å². The maximum absolute atomic E-state index is 11.7. The number of hydrogen-bond donors (Lipinski definition) is 2. The second kappa shape index (κ2) is 8.15. The molecule has 1 saturated heterocycles. The van der Waals surface area contributed by atoms with Crippen LogP contribution in [0.25, 0.3) is 0 Å². The highest BCUT2D eigenvalue weighted by atomic mass is 16.2. The van der Waals surface area contributed by atoms with E-state index in [1.807, 2.05) is 0 Å². The summed E-state index contributed by atoms with van der Waals surface area (Å²) in [5.74, 6) is 0.0302. The second-order valence-electron chi connectivity index (χ2n) is 5.55. The third kappa shape index (κ3) is 6.05. The molecule has 1 fully saturated rings. The van der Waals surface area contributed by atoms with Crippen LogP contribution >= 0.6 is 0 Å². The normalized spacial score (nSPS) is 21.9. The number of rotatable bonds is 7. The van der Waals surface area contributed by atoms with Gasteiger partial charge in [-0.1, -0.05) is 13.8 Å². The van der Waals surface area contributed by atoms with Crippen LogP contribution in [-0.4, -0.2) is 42.9 Å². The number of nitrogens with zero attached hydrogens (tertiary/aromatic N) is 1. The van der Waals surface area contributed by atoms with Crippen LogP contribution < -0.4 is 11.1 Å². The first kappa shape index (κ1) is 16.0. The molecule has 5 heteroatoms. The van der Waals surface area contributed by atoms with E-state index in [0.29, 0.717) is 18.8 Å². The Morgan fingerprint density at radius 2 is 2.21 bits per heavy atom. The Kier molecular flexibility index (Phi) is 6.84. The van der Waals surface area contributed by atoms with Gasteiger partial charge in [0.1, 0.15) is 0 Å². The molecule has 0 aromatic carbocycles. The van der Waals surface area contributed by atoms with Gasteiger partial charge in [-0.15, -0.1) is 0 Å². The topological polar surface area (TPSA) is 75.4 Å². The first-order valence-electron chi connectivity index (χ1n) is 7.31. The number of piperidine rings is 1. The van der Waals surface area contributed by atoms with Gasteiger partial charge in [0.15, 0.2) is 0 Å². The number of nitrogens with one attached hydrogen (secondary N) is 1. The van der Waals surface area contributed by atoms with Gasteiger partial charge in [-0.05, 0) is 38.3 Å². The minimum absolute atomic E-state index is 0.0294. The van der Waals surface area contributed by atoms with Crippen LogP contribution in [0, 0.1) is 11.8 Å². The number of primary amides is 1. The molecule has 1 rings (SSSR count). The van der Waals surface area contributed by atoms with Gasteiger partial charge in [-0.3, -0.25) is 9.59 Å². The molecule has 110 valence electrons. The number of nitrogens with two attached hydrogens (primary N) is 1. The van der Waals surface area contributed by atoms with Gasteiger partial charge in [0, 0.05) is 25.4 Å². The van der Waals surface area contributed by atoms with Gasteiger partial charge >= 0.3 is 0 Å². The zero-order valence-electron chi connectivity index (χ0n) is 12.2. The highest BCUT2D eigenvalue weighted by Crippen LogP contribution is 2.15. The molecule has 1 aliphatic heterocycles. The molecule has 0 bridgehead atoms. The Hall–Kier alpha value is -1.10. The summed E-state index contributed by atoms with van der Waals surface area (Å²) in [6.07, 6.45) is 3.32. The summed E-state index contributed by atoms with van der Waals surface area (Å²) >= 11 is 0. The summed E-state index contributed by atoms with van der Waals surface area (Å²) in [7, 11) is 0. The molecule has 5 nitrogen and oxygen atoms in total. The molecule has 3 N–H and O–H groups in total. The van der Waals surface area contributed by atoms with Crippen molar-refractivity contribution < 1.29 is 9.59 Å². The summed E-state index contributed by atoms with van der Waals surface area (Å²) < 4.78 is 0. The molecule has 1 aliphatic rings. The van der Waals surface area contributed by atoms with Crippen LogP contribution in [0.4, 0.5) is 0 Å². The third-order valence-corrected chi connectivity index (χ3v) is 3.93. The Labute approximate surface area is 115 Å². The predicted molar refractivity (Wildman–Crippen MR) is 75.4 cm³/mol. The first-order chi connectivity index (χ1) is 9.02. The van der Waals surface area contributed by atoms with E-state index in [2.05, 4.69) is 17.1 Å². The minimum atomic E-state index is -0.335. The van der Waals surface area contributed by atoms with Gasteiger partial charge in [0.2, 0.25) is 11.8 Å². The van der Waals surface area contributed by atoms with Crippen LogP contribution in [0.3, 0.4) is 0 Å². The SMILES string of the molecule is CCN1CCC[C@@H](CNC(=O)CCC(C)C(N)=O)C1. The van der Waals surface area contributed by atoms with E-state index in [1.165, 1.54) is 19.4 Å². The lowest BCUT2D eigenvalue weighted by atomic mass is 9.98. The fraction of sp³-hybridized carbons (Fsp3) is 0.857. The van der Waals surface area contributed by atoms with E-state index < -0.39 is 0 Å². The molecule has 1 heterocycles. The number of likely N-dealkylation sites (tertiary alicyclic amines) is 1. The lowest BCUT2D eigenvalue weighted by molar-refractivity contribution is -0.123. The summed E-state index contributed by atoms with van der Waals surface area (Å²) in [5.41, 5.74) is 5.17. The maximum atomic E-state index is 11.7. The minimum Gasteiger partial charge on any atom is -0.369 e. The van der Waals surface area contributed by atoms with Gasteiger partial charge in [0.25, 0.3) is 0 Å². The van der Waals surface area contributed by atoms with E-state index in [0.717, 1.165) is 19.6 Å². The number of carbonyl (C=O) groups is 2. The van der Waals surface area contributed by atoms with Gasteiger partial charge in [-0.2, -0.15) is 0 Å². The van der Waals surface area contributed by atoms with Crippen LogP contribution in [0.15, 0.2) is 0 Å². The van der Waals surface area contributed by atoms with Crippen molar-refractivity contribution in [1.29, 1.82) is 0 Å². The molecule has 0 saturated carbocycles. The van der Waals surface area contributed by atoms with Crippen molar-refractivity contribution in [2.24, 2.45) is 17.6 Å². The van der Waals surface area contributed by atoms with Crippen molar-refractivity contribution in [3.8, 4) is 0 Å². The third-order valence-electron chi connectivity index (χ3n) is 3.93. The molecular weight excluding hydrogens is 242 g/mol. The molecule has 2 amide bonds. The Bertz CT molecular complexity index is 307. The van der Waals surface area contributed by atoms with Crippen molar-refractivity contribution >= 4 is 11.8 Å². The summed E-state index contributed by atoms with van der Waals surface area (Å²) in [4.78, 5) is 25.0. The van der Waals surface area contributed by atoms with Crippen LogP contribution in [0.5, 0.6) is 0 Å². The Morgan fingerprint density at radius 1 is 1.47 bits per heavy atom. The molecule has 0 radical (unpaired) electrons. The Balaban J connectivity index is 2.17. The van der Waals surface area contributed by atoms with Crippen molar-refractivity contribution in [1.82, 2.24) is 10.2 Å². The number of hydrogen-bond acceptors (Lipinski definition) is 3. The molecule has 1 unspecified atom stereocenters. The van der Waals surface area contributed by atoms with E-state index in [4.69, 9.17) is 5.73 Å². The summed E-state index contributed by atoms with van der Waals surface area (Å²) in [6, 6.07) is 0. The average molecular weight is 269 g/mol. The molecule has 19 heavy (non-hydrogen) atoms. The van der Waals surface area contributed by atoms with E-state index in [9.17, 15) is 9.59 Å². The largest absolute Gasteiger partial charge is 0.369 e. The zero-order valence-corrected chi connectivity index (χ0v) is 12.2. The van der Waals surface area contributed by atoms with Crippen molar-refractivity contribution in [3.63, 3.8) is 0 Å². The quantitative estimate of drug-likeness (QED) is 0.715. The van der Waals surface area contributed by atoms with Gasteiger partial charge in [0.05, 0.1) is 0 Å². The number of amides is 2. The smallest absolute Gasteiger partial charge is 0.220 e. The van der Waals surface area contributed by atoms with Crippen LogP contribution in [-0.2, 0) is 9.59 Å². The van der Waals surface area contributed by atoms with Gasteiger partial charge < -0.3 is 16.0 Å². The highest BCUT2D eigenvalue weighted by molar-refractivity contribution is 5.79. The fourth-order valence-corrected chi connectivity index (χ4v) is 2.44. The lowest BCUT2D eigenvalue weighted by Gasteiger charge is -2.31. The predicted octanol–water partition coefficient (Wildman–Crippen LogP) is 0.736. The first-order valence-corrected chi connectivity index (χ1v) is 7.31. The lowest BCUT2D eigenvalue weighted by Crippen LogP contribution is -2.40. The van der Waals surface area contributed by atoms with Crippen molar-refractivity contribution in [2.75, 3.05) is 26.2 Å². The molecule has 0 aliphatic carbocycles. The standard InChI is InChI=1S/C14H27N3O2/c1-3-17-8-4-5-12(10-17)9-16-13(18)7-6-11(2)14(15)19/h11-12H,3-10H2,1-2H3,(H2,15,19)(H,16,18)/t11?,12-/m0/s1. The van der Waals surface area contributed by atoms with Crippen LogP contribution in [0.2, 0.25) is 0 Å². The molecule has 2 atom stereocenters. The zero-order chi connectivity index (χ0) is 14.3. The van der Waals surface area contributed by atoms with E-state index in [-0.39, 0.29) is 17.7 Å². The number of carbonyl (C=O) groups excluding carboxylic acids is 2. The highest BCUT2D eigenvalue weighted by Gasteiger charge is 2.19. The second-order valence-corrected chi connectivity index (χ2v) is 5.55. The van der Waals surface area contributed by atoms with E-state index in [1.54, 1.807) is 6.92 Å². The summed E-state index contributed by atoms with van der Waals surface area (Å²) in [5, 5.41) is 2.97. The average Bonchev–Trinajstić information content (AvgIpc) is 2.42. The molecule has 0 aromatic rings. The van der Waals surface area contributed by atoms with Crippen molar-refractivity contribution in [2.45, 2.75) is 39.5 Å². The van der Waals surface area contributed by atoms with Gasteiger partial charge in [-0.25, -0.2) is 0 Å². The molecule has 0 spiro atoms. The maximum Gasteiger partial charge on any atom is 0.220 e. The monoisotopic (exact) mass is 269 g/mol. The summed E-state index contributed by atoms with van der Waals surface area (Å²) in [6.45, 7) is 8.02. The fourth-order valence-electron chi connectivity index (χ4n) is 2.44. The molecule has 0 aromatic heterocycles. The van der Waals surface area contributed by atoms with E-state index >= 15 is 0 Å².